The molecule has 0 saturated heterocycles. The van der Waals surface area contributed by atoms with Gasteiger partial charge in [0.05, 0.1) is 11.3 Å². The molecule has 29 heavy (non-hydrogen) atoms. The van der Waals surface area contributed by atoms with Crippen molar-refractivity contribution in [1.29, 1.82) is 0 Å². The lowest BCUT2D eigenvalue weighted by Gasteiger charge is -2.03. The molecule has 140 valence electrons. The Morgan fingerprint density at radius 2 is 1.79 bits per heavy atom. The van der Waals surface area contributed by atoms with Gasteiger partial charge in [-0.25, -0.2) is 9.97 Å². The molecule has 0 saturated carbocycles. The Bertz CT molecular complexity index is 1360. The Balaban J connectivity index is 1.72. The molecule has 0 fully saturated rings. The molecule has 3 heterocycles. The number of nitrogens with zero attached hydrogens (tertiary/aromatic N) is 3. The first-order valence-electron chi connectivity index (χ1n) is 8.97. The Morgan fingerprint density at radius 3 is 2.62 bits per heavy atom. The zero-order valence-corrected chi connectivity index (χ0v) is 17.5. The zero-order chi connectivity index (χ0) is 19.6. The van der Waals surface area contributed by atoms with E-state index in [9.17, 15) is 0 Å². The lowest BCUT2D eigenvalue weighted by atomic mass is 10.1. The van der Waals surface area contributed by atoms with E-state index >= 15 is 0 Å². The van der Waals surface area contributed by atoms with Crippen LogP contribution in [-0.2, 0) is 0 Å². The van der Waals surface area contributed by atoms with E-state index in [1.807, 2.05) is 54.6 Å². The van der Waals surface area contributed by atoms with Crippen molar-refractivity contribution in [2.45, 2.75) is 0 Å². The van der Waals surface area contributed by atoms with Crippen LogP contribution in [0.1, 0.15) is 0 Å². The van der Waals surface area contributed by atoms with Crippen LogP contribution >= 0.6 is 27.3 Å². The Hall–Kier alpha value is -3.09. The van der Waals surface area contributed by atoms with E-state index in [-0.39, 0.29) is 0 Å². The van der Waals surface area contributed by atoms with Crippen molar-refractivity contribution in [3.05, 3.63) is 94.4 Å². The van der Waals surface area contributed by atoms with E-state index in [4.69, 9.17) is 9.40 Å². The molecule has 3 aromatic heterocycles. The summed E-state index contributed by atoms with van der Waals surface area (Å²) in [5, 5.41) is 3.88. The van der Waals surface area contributed by atoms with Crippen molar-refractivity contribution in [3.63, 3.8) is 0 Å². The molecular weight excluding hydrogens is 446 g/mol. The van der Waals surface area contributed by atoms with Gasteiger partial charge in [0.15, 0.2) is 5.82 Å². The maximum Gasteiger partial charge on any atom is 0.231 e. The third-order valence-electron chi connectivity index (χ3n) is 4.38. The van der Waals surface area contributed by atoms with Crippen LogP contribution in [0.25, 0.3) is 32.8 Å². The summed E-state index contributed by atoms with van der Waals surface area (Å²) in [5.41, 5.74) is 4.11. The van der Waals surface area contributed by atoms with Gasteiger partial charge >= 0.3 is 0 Å². The SMILES string of the molecule is Brc1ccc2o/c(=N\c3ccccn3)c(-c3nc(-c4ccccc4)cs3)cc2c1. The predicted octanol–water partition coefficient (Wildman–Crippen LogP) is 6.61. The second-order valence-electron chi connectivity index (χ2n) is 6.35. The number of rotatable bonds is 3. The van der Waals surface area contributed by atoms with Crippen molar-refractivity contribution >= 4 is 44.1 Å². The third kappa shape index (κ3) is 3.77. The highest BCUT2D eigenvalue weighted by Crippen LogP contribution is 2.30. The summed E-state index contributed by atoms with van der Waals surface area (Å²) >= 11 is 5.10. The lowest BCUT2D eigenvalue weighted by molar-refractivity contribution is 0.546. The van der Waals surface area contributed by atoms with Crippen LogP contribution in [0.4, 0.5) is 5.82 Å². The van der Waals surface area contributed by atoms with Crippen molar-refractivity contribution in [2.24, 2.45) is 4.99 Å². The molecule has 6 heteroatoms. The first-order valence-corrected chi connectivity index (χ1v) is 10.6. The summed E-state index contributed by atoms with van der Waals surface area (Å²) in [6.45, 7) is 0. The number of fused-ring (bicyclic) bond motifs is 1. The number of hydrogen-bond acceptors (Lipinski definition) is 5. The van der Waals surface area contributed by atoms with Crippen molar-refractivity contribution < 1.29 is 4.42 Å². The predicted molar refractivity (Wildman–Crippen MR) is 120 cm³/mol. The van der Waals surface area contributed by atoms with Gasteiger partial charge < -0.3 is 4.42 Å². The van der Waals surface area contributed by atoms with Gasteiger partial charge in [0, 0.05) is 27.0 Å². The van der Waals surface area contributed by atoms with Crippen LogP contribution in [0.2, 0.25) is 0 Å². The summed E-state index contributed by atoms with van der Waals surface area (Å²) < 4.78 is 7.15. The van der Waals surface area contributed by atoms with E-state index in [1.54, 1.807) is 17.5 Å². The van der Waals surface area contributed by atoms with Gasteiger partial charge in [-0.3, -0.25) is 0 Å². The second-order valence-corrected chi connectivity index (χ2v) is 8.12. The number of halogens is 1. The first-order chi connectivity index (χ1) is 14.3. The molecular formula is C23H14BrN3OS. The van der Waals surface area contributed by atoms with Crippen LogP contribution in [-0.4, -0.2) is 9.97 Å². The molecule has 0 spiro atoms. The number of aromatic nitrogens is 2. The average Bonchev–Trinajstić information content (AvgIpc) is 3.25. The monoisotopic (exact) mass is 459 g/mol. The van der Waals surface area contributed by atoms with Crippen LogP contribution in [0.15, 0.2) is 98.3 Å². The topological polar surface area (TPSA) is 51.3 Å². The lowest BCUT2D eigenvalue weighted by Crippen LogP contribution is -2.05. The minimum absolute atomic E-state index is 0.493. The summed E-state index contributed by atoms with van der Waals surface area (Å²) in [4.78, 5) is 13.8. The molecule has 0 amide bonds. The van der Waals surface area contributed by atoms with E-state index in [0.29, 0.717) is 11.4 Å². The van der Waals surface area contributed by atoms with Crippen LogP contribution in [0.3, 0.4) is 0 Å². The number of pyridine rings is 1. The Kier molecular flexibility index (Phi) is 4.79. The molecule has 4 nitrogen and oxygen atoms in total. The molecule has 0 aliphatic carbocycles. The average molecular weight is 460 g/mol. The summed E-state index contributed by atoms with van der Waals surface area (Å²) in [6.07, 6.45) is 1.72. The molecule has 0 N–H and O–H groups in total. The summed E-state index contributed by atoms with van der Waals surface area (Å²) in [5.74, 6) is 0.591. The van der Waals surface area contributed by atoms with Crippen molar-refractivity contribution in [2.75, 3.05) is 0 Å². The summed E-state index contributed by atoms with van der Waals surface area (Å²) in [6, 6.07) is 23.7. The van der Waals surface area contributed by atoms with E-state index < -0.39 is 0 Å². The first kappa shape index (κ1) is 18.0. The molecule has 5 aromatic rings. The maximum atomic E-state index is 6.16. The fraction of sp³-hybridized carbons (Fsp3) is 0. The van der Waals surface area contributed by atoms with E-state index in [0.717, 1.165) is 37.3 Å². The van der Waals surface area contributed by atoms with Gasteiger partial charge in [-0.2, -0.15) is 4.99 Å². The second kappa shape index (κ2) is 7.73. The Labute approximate surface area is 179 Å². The largest absolute Gasteiger partial charge is 0.438 e. The third-order valence-corrected chi connectivity index (χ3v) is 5.75. The molecule has 0 aliphatic heterocycles. The highest BCUT2D eigenvalue weighted by atomic mass is 79.9. The van der Waals surface area contributed by atoms with Crippen molar-refractivity contribution in [3.8, 4) is 21.8 Å². The highest BCUT2D eigenvalue weighted by molar-refractivity contribution is 9.10. The van der Waals surface area contributed by atoms with Gasteiger partial charge in [-0.1, -0.05) is 52.3 Å². The fourth-order valence-corrected chi connectivity index (χ4v) is 4.22. The molecule has 2 aromatic carbocycles. The number of benzene rings is 2. The Morgan fingerprint density at radius 1 is 0.931 bits per heavy atom. The number of hydrogen-bond donors (Lipinski definition) is 0. The highest BCUT2D eigenvalue weighted by Gasteiger charge is 2.12. The van der Waals surface area contributed by atoms with Crippen molar-refractivity contribution in [1.82, 2.24) is 9.97 Å². The minimum atomic E-state index is 0.493. The smallest absolute Gasteiger partial charge is 0.231 e. The molecule has 0 bridgehead atoms. The molecule has 0 unspecified atom stereocenters. The normalized spacial score (nSPS) is 11.8. The molecule has 5 rings (SSSR count). The molecule has 0 atom stereocenters. The summed E-state index contributed by atoms with van der Waals surface area (Å²) in [7, 11) is 0. The van der Waals surface area contributed by atoms with E-state index in [2.05, 4.69) is 49.5 Å². The minimum Gasteiger partial charge on any atom is -0.438 e. The zero-order valence-electron chi connectivity index (χ0n) is 15.1. The van der Waals surface area contributed by atoms with Crippen LogP contribution in [0, 0.1) is 0 Å². The molecule has 0 radical (unpaired) electrons. The molecule has 0 aliphatic rings. The van der Waals surface area contributed by atoms with Gasteiger partial charge in [0.25, 0.3) is 0 Å². The quantitative estimate of drug-likeness (QED) is 0.304. The number of thiazole rings is 1. The fourth-order valence-electron chi connectivity index (χ4n) is 3.00. The van der Waals surface area contributed by atoms with Gasteiger partial charge in [-0.15, -0.1) is 11.3 Å². The van der Waals surface area contributed by atoms with Gasteiger partial charge in [0.2, 0.25) is 5.55 Å². The maximum absolute atomic E-state index is 6.16. The van der Waals surface area contributed by atoms with Gasteiger partial charge in [-0.05, 0) is 36.4 Å². The van der Waals surface area contributed by atoms with Gasteiger partial charge in [0.1, 0.15) is 10.6 Å². The van der Waals surface area contributed by atoms with E-state index in [1.165, 1.54) is 0 Å². The van der Waals surface area contributed by atoms with Crippen LogP contribution in [0.5, 0.6) is 0 Å². The van der Waals surface area contributed by atoms with Crippen LogP contribution < -0.4 is 5.55 Å². The standard InChI is InChI=1S/C23H14BrN3OS/c24-17-9-10-20-16(12-17)13-18(22(28-20)27-21-8-4-5-11-25-21)23-26-19(14-29-23)15-6-2-1-3-7-15/h1-14H/b27-22-.